The van der Waals surface area contributed by atoms with Crippen LogP contribution in [0.15, 0.2) is 29.3 Å². The van der Waals surface area contributed by atoms with Crippen molar-refractivity contribution in [1.82, 2.24) is 20.4 Å². The molecule has 2 saturated heterocycles. The maximum atomic E-state index is 5.67. The predicted octanol–water partition coefficient (Wildman–Crippen LogP) is 3.35. The second kappa shape index (κ2) is 13.4. The maximum absolute atomic E-state index is 5.67. The quantitative estimate of drug-likeness (QED) is 0.308. The molecule has 0 radical (unpaired) electrons. The molecule has 2 heterocycles. The summed E-state index contributed by atoms with van der Waals surface area (Å²) >= 11 is 0. The first kappa shape index (κ1) is 25.2. The third kappa shape index (κ3) is 7.27. The smallest absolute Gasteiger partial charge is 0.191 e. The lowest BCUT2D eigenvalue weighted by Gasteiger charge is -2.30. The minimum Gasteiger partial charge on any atom is -0.496 e. The van der Waals surface area contributed by atoms with Crippen LogP contribution in [0.3, 0.4) is 0 Å². The van der Waals surface area contributed by atoms with Gasteiger partial charge >= 0.3 is 0 Å². The summed E-state index contributed by atoms with van der Waals surface area (Å²) in [6.07, 6.45) is 5.06. The number of aliphatic imine (C=N–C) groups is 1. The van der Waals surface area contributed by atoms with Gasteiger partial charge in [0.2, 0.25) is 0 Å². The molecule has 0 amide bonds. The molecule has 0 aromatic heterocycles. The standard InChI is InChI=1S/C23H39N5O.HI/c1-4-24-23(25-17-19-11-15-27(2)16-12-19)26-18-21(28-13-7-8-14-28)20-9-5-6-10-22(20)29-3;/h5-6,9-10,19,21H,4,7-8,11-18H2,1-3H3,(H2,24,25,26);1H. The Labute approximate surface area is 199 Å². The fourth-order valence-electron chi connectivity index (χ4n) is 4.43. The highest BCUT2D eigenvalue weighted by Gasteiger charge is 2.26. The third-order valence-electron chi connectivity index (χ3n) is 6.24. The molecule has 0 spiro atoms. The lowest BCUT2D eigenvalue weighted by atomic mass is 9.97. The van der Waals surface area contributed by atoms with Gasteiger partial charge in [-0.15, -0.1) is 24.0 Å². The monoisotopic (exact) mass is 529 g/mol. The Morgan fingerprint density at radius 3 is 2.50 bits per heavy atom. The lowest BCUT2D eigenvalue weighted by Crippen LogP contribution is -2.42. The van der Waals surface area contributed by atoms with Gasteiger partial charge < -0.3 is 20.3 Å². The Hall–Kier alpha value is -1.06. The molecule has 0 saturated carbocycles. The van der Waals surface area contributed by atoms with E-state index in [4.69, 9.17) is 9.73 Å². The van der Waals surface area contributed by atoms with Gasteiger partial charge in [-0.1, -0.05) is 18.2 Å². The van der Waals surface area contributed by atoms with Crippen LogP contribution < -0.4 is 15.4 Å². The number of ether oxygens (including phenoxy) is 1. The Balaban J connectivity index is 0.00000320. The van der Waals surface area contributed by atoms with Crippen molar-refractivity contribution < 1.29 is 4.74 Å². The Morgan fingerprint density at radius 2 is 1.83 bits per heavy atom. The molecule has 0 aliphatic carbocycles. The van der Waals surface area contributed by atoms with Crippen LogP contribution in [-0.2, 0) is 0 Å². The highest BCUT2D eigenvalue weighted by atomic mass is 127. The van der Waals surface area contributed by atoms with Gasteiger partial charge in [0.15, 0.2) is 5.96 Å². The van der Waals surface area contributed by atoms with Crippen molar-refractivity contribution in [3.8, 4) is 5.75 Å². The molecule has 2 aliphatic heterocycles. The zero-order chi connectivity index (χ0) is 20.5. The first-order chi connectivity index (χ1) is 14.2. The molecule has 30 heavy (non-hydrogen) atoms. The molecule has 1 atom stereocenters. The number of likely N-dealkylation sites (tertiary alicyclic amines) is 2. The number of hydrogen-bond donors (Lipinski definition) is 2. The molecule has 170 valence electrons. The van der Waals surface area contributed by atoms with Gasteiger partial charge in [-0.25, -0.2) is 0 Å². The molecular formula is C23H40IN5O. The number of para-hydroxylation sites is 1. The molecule has 1 aromatic rings. The number of methoxy groups -OCH3 is 1. The number of nitrogens with zero attached hydrogens (tertiary/aromatic N) is 3. The minimum atomic E-state index is 0. The zero-order valence-corrected chi connectivity index (χ0v) is 21.2. The molecule has 1 aromatic carbocycles. The van der Waals surface area contributed by atoms with Crippen LogP contribution in [0.5, 0.6) is 5.75 Å². The van der Waals surface area contributed by atoms with E-state index in [1.54, 1.807) is 7.11 Å². The topological polar surface area (TPSA) is 52.1 Å². The normalized spacial score (nSPS) is 19.9. The van der Waals surface area contributed by atoms with Gasteiger partial charge in [-0.05, 0) is 77.8 Å². The maximum Gasteiger partial charge on any atom is 0.191 e. The number of benzene rings is 1. The van der Waals surface area contributed by atoms with Crippen LogP contribution >= 0.6 is 24.0 Å². The molecule has 2 aliphatic rings. The fourth-order valence-corrected chi connectivity index (χ4v) is 4.43. The van der Waals surface area contributed by atoms with Crippen LogP contribution in [0.25, 0.3) is 0 Å². The van der Waals surface area contributed by atoms with Crippen LogP contribution in [0.1, 0.15) is 44.2 Å². The zero-order valence-electron chi connectivity index (χ0n) is 18.9. The number of piperidine rings is 1. The molecule has 3 rings (SSSR count). The summed E-state index contributed by atoms with van der Waals surface area (Å²) in [7, 11) is 3.97. The van der Waals surface area contributed by atoms with E-state index in [-0.39, 0.29) is 30.0 Å². The van der Waals surface area contributed by atoms with Gasteiger partial charge in [0, 0.05) is 18.7 Å². The van der Waals surface area contributed by atoms with E-state index in [0.717, 1.165) is 50.4 Å². The van der Waals surface area contributed by atoms with Crippen molar-refractivity contribution in [2.75, 3.05) is 60.0 Å². The van der Waals surface area contributed by atoms with Gasteiger partial charge in [-0.3, -0.25) is 9.89 Å². The van der Waals surface area contributed by atoms with E-state index in [9.17, 15) is 0 Å². The summed E-state index contributed by atoms with van der Waals surface area (Å²) in [6.45, 7) is 9.42. The van der Waals surface area contributed by atoms with Crippen LogP contribution in [0.4, 0.5) is 0 Å². The fraction of sp³-hybridized carbons (Fsp3) is 0.696. The van der Waals surface area contributed by atoms with Crippen molar-refractivity contribution in [3.05, 3.63) is 29.8 Å². The second-order valence-corrected chi connectivity index (χ2v) is 8.35. The van der Waals surface area contributed by atoms with Crippen LogP contribution in [0.2, 0.25) is 0 Å². The highest BCUT2D eigenvalue weighted by molar-refractivity contribution is 14.0. The molecular weight excluding hydrogens is 489 g/mol. The van der Waals surface area contributed by atoms with Crippen LogP contribution in [-0.4, -0.2) is 75.7 Å². The predicted molar refractivity (Wildman–Crippen MR) is 136 cm³/mol. The number of guanidine groups is 1. The summed E-state index contributed by atoms with van der Waals surface area (Å²) in [5, 5.41) is 7.04. The summed E-state index contributed by atoms with van der Waals surface area (Å²) in [5.41, 5.74) is 1.24. The molecule has 0 bridgehead atoms. The van der Waals surface area contributed by atoms with E-state index < -0.39 is 0 Å². The summed E-state index contributed by atoms with van der Waals surface area (Å²) in [4.78, 5) is 9.97. The Kier molecular flexibility index (Phi) is 11.2. The van der Waals surface area contributed by atoms with Crippen molar-refractivity contribution in [2.45, 2.75) is 38.6 Å². The number of halogens is 1. The van der Waals surface area contributed by atoms with Crippen molar-refractivity contribution >= 4 is 29.9 Å². The molecule has 1 unspecified atom stereocenters. The molecule has 2 fully saturated rings. The van der Waals surface area contributed by atoms with E-state index in [1.807, 2.05) is 6.07 Å². The van der Waals surface area contributed by atoms with Crippen molar-refractivity contribution in [1.29, 1.82) is 0 Å². The second-order valence-electron chi connectivity index (χ2n) is 8.35. The summed E-state index contributed by atoms with van der Waals surface area (Å²) in [5.74, 6) is 2.63. The third-order valence-corrected chi connectivity index (χ3v) is 6.24. The Morgan fingerprint density at radius 1 is 1.13 bits per heavy atom. The van der Waals surface area contributed by atoms with E-state index in [0.29, 0.717) is 0 Å². The summed E-state index contributed by atoms with van der Waals surface area (Å²) < 4.78 is 5.67. The van der Waals surface area contributed by atoms with Crippen molar-refractivity contribution in [2.24, 2.45) is 10.9 Å². The van der Waals surface area contributed by atoms with Gasteiger partial charge in [-0.2, -0.15) is 0 Å². The number of rotatable bonds is 8. The largest absolute Gasteiger partial charge is 0.496 e. The van der Waals surface area contributed by atoms with Crippen LogP contribution in [0, 0.1) is 5.92 Å². The minimum absolute atomic E-state index is 0. The average molecular weight is 530 g/mol. The van der Waals surface area contributed by atoms with E-state index >= 15 is 0 Å². The van der Waals surface area contributed by atoms with Gasteiger partial charge in [0.25, 0.3) is 0 Å². The number of nitrogens with one attached hydrogen (secondary N) is 2. The Bertz CT molecular complexity index is 642. The number of hydrogen-bond acceptors (Lipinski definition) is 4. The first-order valence-corrected chi connectivity index (χ1v) is 11.3. The summed E-state index contributed by atoms with van der Waals surface area (Å²) in [6, 6.07) is 8.66. The van der Waals surface area contributed by atoms with Gasteiger partial charge in [0.05, 0.1) is 19.7 Å². The van der Waals surface area contributed by atoms with E-state index in [2.05, 4.69) is 52.6 Å². The first-order valence-electron chi connectivity index (χ1n) is 11.3. The van der Waals surface area contributed by atoms with Gasteiger partial charge in [0.1, 0.15) is 5.75 Å². The average Bonchev–Trinajstić information content (AvgIpc) is 3.28. The van der Waals surface area contributed by atoms with Crippen molar-refractivity contribution in [3.63, 3.8) is 0 Å². The van der Waals surface area contributed by atoms with E-state index in [1.165, 1.54) is 44.3 Å². The highest BCUT2D eigenvalue weighted by Crippen LogP contribution is 2.31. The SMILES string of the molecule is CCNC(=NCC(c1ccccc1OC)N1CCCC1)NCC1CCN(C)CC1.I. The molecule has 6 nitrogen and oxygen atoms in total. The lowest BCUT2D eigenvalue weighted by molar-refractivity contribution is 0.220. The molecule has 7 heteroatoms. The molecule has 2 N–H and O–H groups in total.